The van der Waals surface area contributed by atoms with Crippen LogP contribution in [0.4, 0.5) is 10.6 Å². The number of aliphatic hydroxyl groups is 1. The van der Waals surface area contributed by atoms with Crippen molar-refractivity contribution in [2.45, 2.75) is 12.5 Å². The smallest absolute Gasteiger partial charge is 0.323 e. The number of aromatic nitrogens is 3. The Hall–Kier alpha value is -2.12. The first kappa shape index (κ1) is 13.8. The number of rotatable bonds is 2. The van der Waals surface area contributed by atoms with E-state index >= 15 is 0 Å². The fraction of sp³-hybridized carbons (Fsp3) is 0.308. The predicted molar refractivity (Wildman–Crippen MR) is 77.6 cm³/mol. The minimum absolute atomic E-state index is 0.274. The summed E-state index contributed by atoms with van der Waals surface area (Å²) >= 11 is 6.05. The van der Waals surface area contributed by atoms with Gasteiger partial charge in [0.25, 0.3) is 0 Å². The highest BCUT2D eigenvalue weighted by molar-refractivity contribution is 6.32. The molecule has 3 heterocycles. The fourth-order valence-corrected chi connectivity index (χ4v) is 2.38. The number of nitrogens with zero attached hydrogens (tertiary/aromatic N) is 4. The molecular formula is C13H14ClN5O2. The number of β-amino-alcohol motifs (C(OH)–C–C–N with tert-alkyl or cyclic N) is 1. The first-order valence-electron chi connectivity index (χ1n) is 6.54. The van der Waals surface area contributed by atoms with Gasteiger partial charge in [0.1, 0.15) is 0 Å². The van der Waals surface area contributed by atoms with Gasteiger partial charge in [0.05, 0.1) is 11.1 Å². The molecule has 2 N–H and O–H groups in total. The Balaban J connectivity index is 1.71. The largest absolute Gasteiger partial charge is 0.391 e. The summed E-state index contributed by atoms with van der Waals surface area (Å²) in [5.41, 5.74) is 0. The Bertz CT molecular complexity index is 660. The van der Waals surface area contributed by atoms with Gasteiger partial charge in [-0.05, 0) is 18.6 Å². The molecule has 2 aromatic rings. The number of aliphatic hydroxyl groups excluding tert-OH is 1. The number of pyridine rings is 1. The van der Waals surface area contributed by atoms with Gasteiger partial charge in [0.15, 0.2) is 11.6 Å². The molecule has 0 aromatic carbocycles. The molecule has 0 radical (unpaired) electrons. The van der Waals surface area contributed by atoms with Crippen LogP contribution in [0.1, 0.15) is 6.42 Å². The molecule has 0 spiro atoms. The van der Waals surface area contributed by atoms with Crippen molar-refractivity contribution in [1.29, 1.82) is 0 Å². The highest BCUT2D eigenvalue weighted by Gasteiger charge is 2.24. The van der Waals surface area contributed by atoms with Crippen molar-refractivity contribution in [3.8, 4) is 5.82 Å². The van der Waals surface area contributed by atoms with E-state index in [-0.39, 0.29) is 6.03 Å². The van der Waals surface area contributed by atoms with Crippen LogP contribution in [0.25, 0.3) is 5.82 Å². The third-order valence-electron chi connectivity index (χ3n) is 3.23. The van der Waals surface area contributed by atoms with Crippen LogP contribution in [-0.2, 0) is 0 Å². The van der Waals surface area contributed by atoms with E-state index in [1.807, 2.05) is 0 Å². The van der Waals surface area contributed by atoms with Gasteiger partial charge in [-0.3, -0.25) is 5.32 Å². The Morgan fingerprint density at radius 1 is 1.48 bits per heavy atom. The maximum absolute atomic E-state index is 12.0. The molecule has 1 aliphatic heterocycles. The van der Waals surface area contributed by atoms with Crippen LogP contribution < -0.4 is 5.32 Å². The number of anilines is 1. The van der Waals surface area contributed by atoms with Gasteiger partial charge in [-0.1, -0.05) is 11.6 Å². The van der Waals surface area contributed by atoms with Gasteiger partial charge in [-0.2, -0.15) is 0 Å². The molecule has 110 valence electrons. The maximum Gasteiger partial charge on any atom is 0.323 e. The summed E-state index contributed by atoms with van der Waals surface area (Å²) in [5.74, 6) is 0.902. The lowest BCUT2D eigenvalue weighted by Gasteiger charge is -2.15. The van der Waals surface area contributed by atoms with Gasteiger partial charge < -0.3 is 10.0 Å². The van der Waals surface area contributed by atoms with E-state index in [2.05, 4.69) is 15.4 Å². The molecule has 3 rings (SSSR count). The molecule has 0 saturated carbocycles. The molecule has 1 aliphatic rings. The van der Waals surface area contributed by atoms with Gasteiger partial charge in [0.2, 0.25) is 0 Å². The zero-order chi connectivity index (χ0) is 14.8. The number of urea groups is 1. The van der Waals surface area contributed by atoms with Crippen molar-refractivity contribution < 1.29 is 9.90 Å². The minimum Gasteiger partial charge on any atom is -0.391 e. The average Bonchev–Trinajstić information content (AvgIpc) is 3.08. The van der Waals surface area contributed by atoms with Crippen LogP contribution >= 0.6 is 11.6 Å². The molecule has 8 heteroatoms. The SMILES string of the molecule is O=C(Nc1ccn(-c2ncccc2Cl)n1)N1CC[C@H](O)C1. The third kappa shape index (κ3) is 2.98. The Labute approximate surface area is 126 Å². The maximum atomic E-state index is 12.0. The lowest BCUT2D eigenvalue weighted by Crippen LogP contribution is -2.33. The molecule has 0 unspecified atom stereocenters. The van der Waals surface area contributed by atoms with Crippen LogP contribution in [0.3, 0.4) is 0 Å². The molecular weight excluding hydrogens is 294 g/mol. The van der Waals surface area contributed by atoms with E-state index in [0.29, 0.717) is 36.2 Å². The monoisotopic (exact) mass is 307 g/mol. The number of likely N-dealkylation sites (tertiary alicyclic amines) is 1. The summed E-state index contributed by atoms with van der Waals surface area (Å²) < 4.78 is 1.50. The number of nitrogens with one attached hydrogen (secondary N) is 1. The van der Waals surface area contributed by atoms with Gasteiger partial charge in [-0.25, -0.2) is 14.5 Å². The summed E-state index contributed by atoms with van der Waals surface area (Å²) in [6.45, 7) is 0.887. The number of amides is 2. The number of hydrogen-bond donors (Lipinski definition) is 2. The Morgan fingerprint density at radius 3 is 3.05 bits per heavy atom. The molecule has 0 bridgehead atoms. The van der Waals surface area contributed by atoms with Gasteiger partial charge >= 0.3 is 6.03 Å². The van der Waals surface area contributed by atoms with E-state index < -0.39 is 6.10 Å². The Kier molecular flexibility index (Phi) is 3.76. The van der Waals surface area contributed by atoms with Crippen molar-refractivity contribution in [1.82, 2.24) is 19.7 Å². The van der Waals surface area contributed by atoms with Crippen molar-refractivity contribution >= 4 is 23.4 Å². The second-order valence-corrected chi connectivity index (χ2v) is 5.18. The molecule has 7 nitrogen and oxygen atoms in total. The first-order chi connectivity index (χ1) is 10.1. The summed E-state index contributed by atoms with van der Waals surface area (Å²) in [6, 6.07) is 4.84. The number of carbonyl (C=O) groups is 1. The van der Waals surface area contributed by atoms with E-state index in [1.165, 1.54) is 4.68 Å². The highest BCUT2D eigenvalue weighted by Crippen LogP contribution is 2.18. The second kappa shape index (κ2) is 5.71. The van der Waals surface area contributed by atoms with Crippen LogP contribution in [0, 0.1) is 0 Å². The number of hydrogen-bond acceptors (Lipinski definition) is 4. The quantitative estimate of drug-likeness (QED) is 0.881. The van der Waals surface area contributed by atoms with E-state index in [4.69, 9.17) is 11.6 Å². The molecule has 1 saturated heterocycles. The zero-order valence-corrected chi connectivity index (χ0v) is 11.9. The predicted octanol–water partition coefficient (Wildman–Crippen LogP) is 1.52. The average molecular weight is 308 g/mol. The lowest BCUT2D eigenvalue weighted by atomic mass is 10.3. The molecule has 21 heavy (non-hydrogen) atoms. The standard InChI is InChI=1S/C13H14ClN5O2/c14-10-2-1-5-15-12(10)19-7-4-11(17-19)16-13(21)18-6-3-9(20)8-18/h1-2,4-5,7,9,20H,3,6,8H2,(H,16,17,21)/t9-/m0/s1. The molecule has 0 aliphatic carbocycles. The lowest BCUT2D eigenvalue weighted by molar-refractivity contribution is 0.176. The van der Waals surface area contributed by atoms with Crippen molar-refractivity contribution in [2.24, 2.45) is 0 Å². The zero-order valence-electron chi connectivity index (χ0n) is 11.1. The topological polar surface area (TPSA) is 83.3 Å². The molecule has 1 atom stereocenters. The molecule has 2 amide bonds. The second-order valence-electron chi connectivity index (χ2n) is 4.77. The van der Waals surface area contributed by atoms with E-state index in [1.54, 1.807) is 35.5 Å². The summed E-state index contributed by atoms with van der Waals surface area (Å²) in [4.78, 5) is 17.7. The third-order valence-corrected chi connectivity index (χ3v) is 3.53. The van der Waals surface area contributed by atoms with Crippen LogP contribution in [0.2, 0.25) is 5.02 Å². The van der Waals surface area contributed by atoms with Crippen molar-refractivity contribution in [3.05, 3.63) is 35.6 Å². The van der Waals surface area contributed by atoms with Crippen LogP contribution in [-0.4, -0.2) is 50.0 Å². The molecule has 2 aromatic heterocycles. The minimum atomic E-state index is -0.444. The van der Waals surface area contributed by atoms with E-state index in [0.717, 1.165) is 0 Å². The molecule has 1 fully saturated rings. The summed E-state index contributed by atoms with van der Waals surface area (Å²) in [7, 11) is 0. The summed E-state index contributed by atoms with van der Waals surface area (Å²) in [5, 5.41) is 16.8. The van der Waals surface area contributed by atoms with Gasteiger partial charge in [-0.15, -0.1) is 5.10 Å². The highest BCUT2D eigenvalue weighted by atomic mass is 35.5. The van der Waals surface area contributed by atoms with Crippen LogP contribution in [0.5, 0.6) is 0 Å². The summed E-state index contributed by atoms with van der Waals surface area (Å²) in [6.07, 6.45) is 3.45. The number of halogens is 1. The van der Waals surface area contributed by atoms with Crippen LogP contribution in [0.15, 0.2) is 30.6 Å². The van der Waals surface area contributed by atoms with Crippen molar-refractivity contribution in [3.63, 3.8) is 0 Å². The Morgan fingerprint density at radius 2 is 2.33 bits per heavy atom. The number of carbonyl (C=O) groups excluding carboxylic acids is 1. The van der Waals surface area contributed by atoms with Gasteiger partial charge in [0, 0.05) is 31.5 Å². The first-order valence-corrected chi connectivity index (χ1v) is 6.92. The van der Waals surface area contributed by atoms with Crippen molar-refractivity contribution in [2.75, 3.05) is 18.4 Å². The normalized spacial score (nSPS) is 18.0. The van der Waals surface area contributed by atoms with E-state index in [9.17, 15) is 9.90 Å². The fourth-order valence-electron chi connectivity index (χ4n) is 2.17.